The molecule has 1 heterocycles. The summed E-state index contributed by atoms with van der Waals surface area (Å²) in [6, 6.07) is 18.8. The molecule has 126 valence electrons. The van der Waals surface area contributed by atoms with E-state index in [1.54, 1.807) is 18.2 Å². The largest absolute Gasteiger partial charge is 0.492 e. The molecule has 0 saturated carbocycles. The lowest BCUT2D eigenvalue weighted by atomic mass is 10.1. The summed E-state index contributed by atoms with van der Waals surface area (Å²) in [7, 11) is 0. The maximum absolute atomic E-state index is 12.5. The molecule has 5 heteroatoms. The molecule has 0 fully saturated rings. The molecular formula is C20H17NO4. The third kappa shape index (κ3) is 3.95. The smallest absolute Gasteiger partial charge is 0.291 e. The summed E-state index contributed by atoms with van der Waals surface area (Å²) < 4.78 is 11.1. The number of benzene rings is 2. The van der Waals surface area contributed by atoms with Gasteiger partial charge < -0.3 is 14.5 Å². The van der Waals surface area contributed by atoms with Gasteiger partial charge in [-0.3, -0.25) is 9.59 Å². The van der Waals surface area contributed by atoms with Crippen LogP contribution >= 0.6 is 0 Å². The van der Waals surface area contributed by atoms with Gasteiger partial charge in [-0.1, -0.05) is 42.5 Å². The average Bonchev–Trinajstić information content (AvgIpc) is 2.64. The van der Waals surface area contributed by atoms with Crippen molar-refractivity contribution in [3.05, 3.63) is 82.7 Å². The topological polar surface area (TPSA) is 68.5 Å². The summed E-state index contributed by atoms with van der Waals surface area (Å²) in [5, 5.41) is 2.72. The lowest BCUT2D eigenvalue weighted by molar-refractivity contribution is 0.0995. The predicted molar refractivity (Wildman–Crippen MR) is 96.0 cm³/mol. The number of ether oxygens (including phenoxy) is 1. The van der Waals surface area contributed by atoms with Crippen molar-refractivity contribution in [1.29, 1.82) is 0 Å². The first-order valence-electron chi connectivity index (χ1n) is 7.91. The van der Waals surface area contributed by atoms with E-state index in [0.717, 1.165) is 5.56 Å². The Bertz CT molecular complexity index is 932. The molecule has 0 aliphatic rings. The number of hydrogen-bond acceptors (Lipinski definition) is 4. The second kappa shape index (κ2) is 7.49. The Labute approximate surface area is 144 Å². The molecule has 5 nitrogen and oxygen atoms in total. The Morgan fingerprint density at radius 1 is 1.04 bits per heavy atom. The molecule has 0 unspecified atom stereocenters. The van der Waals surface area contributed by atoms with Crippen LogP contribution in [0.1, 0.15) is 17.5 Å². The van der Waals surface area contributed by atoms with Gasteiger partial charge in [-0.25, -0.2) is 0 Å². The number of hydrogen-bond donors (Lipinski definition) is 1. The molecule has 3 aromatic rings. The van der Waals surface area contributed by atoms with E-state index < -0.39 is 5.91 Å². The Kier molecular flexibility index (Phi) is 4.95. The van der Waals surface area contributed by atoms with Gasteiger partial charge >= 0.3 is 0 Å². The van der Waals surface area contributed by atoms with Gasteiger partial charge in [-0.05, 0) is 19.1 Å². The van der Waals surface area contributed by atoms with Crippen molar-refractivity contribution < 1.29 is 13.9 Å². The second-order valence-corrected chi connectivity index (χ2v) is 5.27. The van der Waals surface area contributed by atoms with Gasteiger partial charge in [0.15, 0.2) is 11.2 Å². The molecule has 2 aromatic carbocycles. The van der Waals surface area contributed by atoms with Crippen LogP contribution in [0.2, 0.25) is 0 Å². The standard InChI is InChI=1S/C20H17NO4/c1-2-24-17-11-7-6-10-16(17)21-20(23)19-13-15(22)12-18(25-19)14-8-4-3-5-9-14/h3-13H,2H2,1H3,(H,21,23). The van der Waals surface area contributed by atoms with Crippen LogP contribution in [0.5, 0.6) is 5.75 Å². The van der Waals surface area contributed by atoms with Crippen molar-refractivity contribution in [2.45, 2.75) is 6.92 Å². The summed E-state index contributed by atoms with van der Waals surface area (Å²) in [6.07, 6.45) is 0. The van der Waals surface area contributed by atoms with Crippen LogP contribution < -0.4 is 15.5 Å². The number of anilines is 1. The molecule has 0 radical (unpaired) electrons. The highest BCUT2D eigenvalue weighted by molar-refractivity contribution is 6.03. The van der Waals surface area contributed by atoms with Crippen molar-refractivity contribution in [1.82, 2.24) is 0 Å². The van der Waals surface area contributed by atoms with Crippen LogP contribution in [-0.2, 0) is 0 Å². The van der Waals surface area contributed by atoms with Crippen LogP contribution in [0.25, 0.3) is 11.3 Å². The molecule has 1 amide bonds. The molecule has 0 aliphatic carbocycles. The molecule has 0 spiro atoms. The van der Waals surface area contributed by atoms with E-state index in [0.29, 0.717) is 23.8 Å². The van der Waals surface area contributed by atoms with Gasteiger partial charge in [-0.2, -0.15) is 0 Å². The monoisotopic (exact) mass is 335 g/mol. The Balaban J connectivity index is 1.91. The minimum absolute atomic E-state index is 0.0577. The second-order valence-electron chi connectivity index (χ2n) is 5.27. The van der Waals surface area contributed by atoms with E-state index in [9.17, 15) is 9.59 Å². The van der Waals surface area contributed by atoms with Gasteiger partial charge in [-0.15, -0.1) is 0 Å². The summed E-state index contributed by atoms with van der Waals surface area (Å²) in [5.74, 6) is 0.330. The highest BCUT2D eigenvalue weighted by atomic mass is 16.5. The van der Waals surface area contributed by atoms with Gasteiger partial charge in [0.25, 0.3) is 5.91 Å². The van der Waals surface area contributed by atoms with E-state index in [4.69, 9.17) is 9.15 Å². The van der Waals surface area contributed by atoms with Crippen LogP contribution in [0.3, 0.4) is 0 Å². The highest BCUT2D eigenvalue weighted by Crippen LogP contribution is 2.25. The zero-order chi connectivity index (χ0) is 17.6. The third-order valence-electron chi connectivity index (χ3n) is 3.48. The van der Waals surface area contributed by atoms with E-state index >= 15 is 0 Å². The van der Waals surface area contributed by atoms with Crippen molar-refractivity contribution in [3.8, 4) is 17.1 Å². The SMILES string of the molecule is CCOc1ccccc1NC(=O)c1cc(=O)cc(-c2ccccc2)o1. The quantitative estimate of drug-likeness (QED) is 0.766. The van der Waals surface area contributed by atoms with Crippen LogP contribution in [0.4, 0.5) is 5.69 Å². The van der Waals surface area contributed by atoms with E-state index in [-0.39, 0.29) is 11.2 Å². The summed E-state index contributed by atoms with van der Waals surface area (Å²) in [5.41, 5.74) is 0.944. The van der Waals surface area contributed by atoms with Crippen molar-refractivity contribution in [2.24, 2.45) is 0 Å². The van der Waals surface area contributed by atoms with E-state index in [1.807, 2.05) is 43.3 Å². The number of nitrogens with one attached hydrogen (secondary N) is 1. The van der Waals surface area contributed by atoms with Crippen LogP contribution in [0, 0.1) is 0 Å². The number of amides is 1. The Morgan fingerprint density at radius 3 is 2.52 bits per heavy atom. The molecule has 0 bridgehead atoms. The molecule has 0 saturated heterocycles. The number of carbonyl (C=O) groups is 1. The Morgan fingerprint density at radius 2 is 1.76 bits per heavy atom. The molecule has 0 atom stereocenters. The van der Waals surface area contributed by atoms with Crippen LogP contribution in [-0.4, -0.2) is 12.5 Å². The summed E-state index contributed by atoms with van der Waals surface area (Å²) in [6.45, 7) is 2.34. The molecule has 1 aromatic heterocycles. The molecular weight excluding hydrogens is 318 g/mol. The minimum Gasteiger partial charge on any atom is -0.492 e. The zero-order valence-electron chi connectivity index (χ0n) is 13.7. The maximum atomic E-state index is 12.5. The number of para-hydroxylation sites is 2. The van der Waals surface area contributed by atoms with Gasteiger partial charge in [0.05, 0.1) is 12.3 Å². The highest BCUT2D eigenvalue weighted by Gasteiger charge is 2.14. The van der Waals surface area contributed by atoms with Crippen molar-refractivity contribution >= 4 is 11.6 Å². The van der Waals surface area contributed by atoms with Gasteiger partial charge in [0.2, 0.25) is 0 Å². The molecule has 25 heavy (non-hydrogen) atoms. The molecule has 0 aliphatic heterocycles. The first kappa shape index (κ1) is 16.5. The van der Waals surface area contributed by atoms with E-state index in [2.05, 4.69) is 5.32 Å². The summed E-state index contributed by atoms with van der Waals surface area (Å²) in [4.78, 5) is 24.5. The number of carbonyl (C=O) groups excluding carboxylic acids is 1. The normalized spacial score (nSPS) is 10.3. The fourth-order valence-electron chi connectivity index (χ4n) is 2.37. The van der Waals surface area contributed by atoms with Gasteiger partial charge in [0.1, 0.15) is 11.5 Å². The van der Waals surface area contributed by atoms with Crippen molar-refractivity contribution in [2.75, 3.05) is 11.9 Å². The summed E-state index contributed by atoms with van der Waals surface area (Å²) >= 11 is 0. The predicted octanol–water partition coefficient (Wildman–Crippen LogP) is 3.96. The average molecular weight is 335 g/mol. The first-order chi connectivity index (χ1) is 12.2. The first-order valence-corrected chi connectivity index (χ1v) is 7.91. The van der Waals surface area contributed by atoms with Crippen molar-refractivity contribution in [3.63, 3.8) is 0 Å². The zero-order valence-corrected chi connectivity index (χ0v) is 13.7. The fraction of sp³-hybridized carbons (Fsp3) is 0.100. The lowest BCUT2D eigenvalue weighted by Crippen LogP contribution is -2.15. The molecule has 3 rings (SSSR count). The number of rotatable bonds is 5. The fourth-order valence-corrected chi connectivity index (χ4v) is 2.37. The van der Waals surface area contributed by atoms with Crippen LogP contribution in [0.15, 0.2) is 75.9 Å². The minimum atomic E-state index is -0.512. The molecule has 1 N–H and O–H groups in total. The van der Waals surface area contributed by atoms with Gasteiger partial charge in [0, 0.05) is 17.7 Å². The third-order valence-corrected chi connectivity index (χ3v) is 3.48. The maximum Gasteiger partial charge on any atom is 0.291 e. The Hall–Kier alpha value is -3.34. The lowest BCUT2D eigenvalue weighted by Gasteiger charge is -2.11. The van der Waals surface area contributed by atoms with E-state index in [1.165, 1.54) is 12.1 Å².